The second-order valence-corrected chi connectivity index (χ2v) is 7.87. The molecule has 166 valence electrons. The van der Waals surface area contributed by atoms with Crippen molar-refractivity contribution in [1.29, 1.82) is 0 Å². The standard InChI is InChI=1S/C24H20F3NO3S/c25-24(26,27)21-14-19(10-11-20(21)17-4-2-1-3-5-17)23(32-31)18-8-6-16(7-9-18)15-28-13-12-22(29)30/h1-11,14,23,28H,12-13,15H2/p+1. The number of halogens is 3. The van der Waals surface area contributed by atoms with Crippen LogP contribution in [0.3, 0.4) is 0 Å². The summed E-state index contributed by atoms with van der Waals surface area (Å²) in [5, 5.41) is 10.9. The van der Waals surface area contributed by atoms with Crippen molar-refractivity contribution in [3.05, 3.63) is 95.1 Å². The Morgan fingerprint density at radius 1 is 0.969 bits per heavy atom. The molecule has 0 saturated heterocycles. The maximum Gasteiger partial charge on any atom is 0.472 e. The molecule has 8 heteroatoms. The lowest BCUT2D eigenvalue weighted by atomic mass is 9.94. The van der Waals surface area contributed by atoms with Crippen LogP contribution in [0.5, 0.6) is 0 Å². The predicted octanol–water partition coefficient (Wildman–Crippen LogP) is 5.45. The van der Waals surface area contributed by atoms with E-state index in [1.54, 1.807) is 60.7 Å². The lowest BCUT2D eigenvalue weighted by molar-refractivity contribution is -0.137. The number of alkyl halides is 3. The number of carboxylic acids is 1. The van der Waals surface area contributed by atoms with Gasteiger partial charge in [-0.25, -0.2) is 0 Å². The Morgan fingerprint density at radius 2 is 1.62 bits per heavy atom. The molecule has 3 rings (SSSR count). The van der Waals surface area contributed by atoms with Crippen molar-refractivity contribution in [3.8, 4) is 11.1 Å². The first-order chi connectivity index (χ1) is 15.3. The molecule has 3 aromatic carbocycles. The zero-order valence-corrected chi connectivity index (χ0v) is 17.7. The average molecular weight is 460 g/mol. The van der Waals surface area contributed by atoms with Crippen LogP contribution in [0.4, 0.5) is 13.2 Å². The second kappa shape index (κ2) is 10.5. The number of hydrogen-bond acceptors (Lipinski definition) is 3. The zero-order chi connectivity index (χ0) is 23.1. The summed E-state index contributed by atoms with van der Waals surface area (Å²) in [6, 6.07) is 19.3. The zero-order valence-electron chi connectivity index (χ0n) is 16.9. The Hall–Kier alpha value is -3.10. The van der Waals surface area contributed by atoms with Gasteiger partial charge in [0.2, 0.25) is 0 Å². The third-order valence-electron chi connectivity index (χ3n) is 4.96. The number of carboxylic acid groups (broad SMARTS) is 1. The number of carbonyl (C=O) groups is 1. The van der Waals surface area contributed by atoms with E-state index in [2.05, 4.69) is 5.32 Å². The van der Waals surface area contributed by atoms with E-state index < -0.39 is 23.0 Å². The van der Waals surface area contributed by atoms with Gasteiger partial charge in [-0.3, -0.25) is 4.79 Å². The van der Waals surface area contributed by atoms with Gasteiger partial charge in [-0.2, -0.15) is 13.2 Å². The van der Waals surface area contributed by atoms with E-state index in [9.17, 15) is 22.2 Å². The van der Waals surface area contributed by atoms with Crippen molar-refractivity contribution in [3.63, 3.8) is 0 Å². The number of aliphatic carboxylic acids is 1. The second-order valence-electron chi connectivity index (χ2n) is 7.21. The summed E-state index contributed by atoms with van der Waals surface area (Å²) in [5.74, 6) is -0.889. The summed E-state index contributed by atoms with van der Waals surface area (Å²) in [6.45, 7) is 0.775. The highest BCUT2D eigenvalue weighted by Gasteiger charge is 2.36. The summed E-state index contributed by atoms with van der Waals surface area (Å²) in [6.07, 6.45) is -4.56. The Balaban J connectivity index is 1.85. The molecule has 0 radical (unpaired) electrons. The molecular weight excluding hydrogens is 439 g/mol. The number of rotatable bonds is 9. The first kappa shape index (κ1) is 23.6. The van der Waals surface area contributed by atoms with E-state index in [4.69, 9.17) is 5.11 Å². The molecule has 0 saturated carbocycles. The smallest absolute Gasteiger partial charge is 0.472 e. The molecular formula is C24H21F3NO3S+. The van der Waals surface area contributed by atoms with Crippen LogP contribution in [-0.4, -0.2) is 17.6 Å². The highest BCUT2D eigenvalue weighted by molar-refractivity contribution is 7.66. The molecule has 0 spiro atoms. The monoisotopic (exact) mass is 460 g/mol. The van der Waals surface area contributed by atoms with Crippen molar-refractivity contribution in [2.75, 3.05) is 6.54 Å². The SMILES string of the molecule is O=[S+]C(c1ccc(CNCCC(=O)O)cc1)c1ccc(-c2ccccc2)c(C(F)(F)F)c1. The Bertz CT molecular complexity index is 1070. The third kappa shape index (κ3) is 5.99. The maximum absolute atomic E-state index is 13.8. The number of benzene rings is 3. The van der Waals surface area contributed by atoms with E-state index in [1.807, 2.05) is 0 Å². The topological polar surface area (TPSA) is 66.4 Å². The molecule has 32 heavy (non-hydrogen) atoms. The molecule has 0 amide bonds. The highest BCUT2D eigenvalue weighted by Crippen LogP contribution is 2.39. The first-order valence-electron chi connectivity index (χ1n) is 9.86. The fourth-order valence-corrected chi connectivity index (χ4v) is 3.90. The maximum atomic E-state index is 13.8. The van der Waals surface area contributed by atoms with Crippen LogP contribution in [0.15, 0.2) is 72.8 Å². The van der Waals surface area contributed by atoms with Crippen LogP contribution in [0.25, 0.3) is 11.1 Å². The van der Waals surface area contributed by atoms with Crippen molar-refractivity contribution in [2.24, 2.45) is 0 Å². The van der Waals surface area contributed by atoms with Crippen molar-refractivity contribution >= 4 is 17.6 Å². The molecule has 0 bridgehead atoms. The highest BCUT2D eigenvalue weighted by atomic mass is 32.1. The van der Waals surface area contributed by atoms with Crippen molar-refractivity contribution < 1.29 is 27.3 Å². The summed E-state index contributed by atoms with van der Waals surface area (Å²) < 4.78 is 53.3. The minimum absolute atomic E-state index is 0.00744. The van der Waals surface area contributed by atoms with Gasteiger partial charge in [-0.1, -0.05) is 66.7 Å². The van der Waals surface area contributed by atoms with Crippen LogP contribution in [0.1, 0.15) is 33.9 Å². The normalized spacial score (nSPS) is 12.3. The Labute approximate surface area is 187 Å². The van der Waals surface area contributed by atoms with E-state index in [-0.39, 0.29) is 29.2 Å². The molecule has 3 aromatic rings. The van der Waals surface area contributed by atoms with Crippen LogP contribution in [0.2, 0.25) is 0 Å². The van der Waals surface area contributed by atoms with Gasteiger partial charge in [0.15, 0.2) is 0 Å². The Kier molecular flexibility index (Phi) is 7.71. The fourth-order valence-electron chi connectivity index (χ4n) is 3.37. The van der Waals surface area contributed by atoms with Gasteiger partial charge >= 0.3 is 23.8 Å². The van der Waals surface area contributed by atoms with Gasteiger partial charge in [0.25, 0.3) is 5.25 Å². The minimum atomic E-state index is -4.56. The summed E-state index contributed by atoms with van der Waals surface area (Å²) in [5.41, 5.74) is 1.50. The summed E-state index contributed by atoms with van der Waals surface area (Å²) in [7, 11) is 0. The predicted molar refractivity (Wildman–Crippen MR) is 117 cm³/mol. The lowest BCUT2D eigenvalue weighted by Gasteiger charge is -2.15. The van der Waals surface area contributed by atoms with Crippen LogP contribution in [0, 0.1) is 0 Å². The first-order valence-corrected chi connectivity index (χ1v) is 10.7. The number of nitrogens with one attached hydrogen (secondary N) is 1. The van der Waals surface area contributed by atoms with Crippen LogP contribution >= 0.6 is 0 Å². The lowest BCUT2D eigenvalue weighted by Crippen LogP contribution is -2.17. The van der Waals surface area contributed by atoms with E-state index >= 15 is 0 Å². The van der Waals surface area contributed by atoms with Gasteiger partial charge in [0.1, 0.15) is 0 Å². The minimum Gasteiger partial charge on any atom is -0.481 e. The molecule has 0 fully saturated rings. The van der Waals surface area contributed by atoms with Gasteiger partial charge < -0.3 is 10.4 Å². The average Bonchev–Trinajstić information content (AvgIpc) is 2.78. The molecule has 0 aliphatic carbocycles. The van der Waals surface area contributed by atoms with Gasteiger partial charge in [0, 0.05) is 28.4 Å². The fraction of sp³-hybridized carbons (Fsp3) is 0.208. The van der Waals surface area contributed by atoms with Crippen molar-refractivity contribution in [2.45, 2.75) is 24.4 Å². The molecule has 1 atom stereocenters. The molecule has 0 heterocycles. The van der Waals surface area contributed by atoms with E-state index in [0.717, 1.165) is 11.6 Å². The third-order valence-corrected chi connectivity index (χ3v) is 5.70. The van der Waals surface area contributed by atoms with Gasteiger partial charge in [-0.05, 0) is 22.8 Å². The quantitative estimate of drug-likeness (QED) is 0.329. The molecule has 0 aliphatic rings. The molecule has 1 unspecified atom stereocenters. The largest absolute Gasteiger partial charge is 0.481 e. The van der Waals surface area contributed by atoms with E-state index in [1.165, 1.54) is 6.07 Å². The molecule has 0 aliphatic heterocycles. The van der Waals surface area contributed by atoms with Crippen LogP contribution < -0.4 is 5.32 Å². The molecule has 4 nitrogen and oxygen atoms in total. The van der Waals surface area contributed by atoms with Gasteiger partial charge in [0.05, 0.1) is 12.0 Å². The number of hydrogen-bond donors (Lipinski definition) is 2. The van der Waals surface area contributed by atoms with Gasteiger partial charge in [-0.15, -0.1) is 0 Å². The summed E-state index contributed by atoms with van der Waals surface area (Å²) >= 11 is 0.229. The van der Waals surface area contributed by atoms with Crippen LogP contribution in [-0.2, 0) is 33.4 Å². The van der Waals surface area contributed by atoms with Crippen molar-refractivity contribution in [1.82, 2.24) is 5.32 Å². The molecule has 0 aromatic heterocycles. The van der Waals surface area contributed by atoms with E-state index in [0.29, 0.717) is 24.2 Å². The summed E-state index contributed by atoms with van der Waals surface area (Å²) in [4.78, 5) is 10.5. The Morgan fingerprint density at radius 3 is 2.22 bits per heavy atom. The molecule has 2 N–H and O–H groups in total.